The van der Waals surface area contributed by atoms with Crippen LogP contribution in [0.2, 0.25) is 0 Å². The first-order chi connectivity index (χ1) is 13.0. The van der Waals surface area contributed by atoms with E-state index in [0.717, 1.165) is 11.2 Å². The Hall–Kier alpha value is -3.52. The van der Waals surface area contributed by atoms with Gasteiger partial charge in [-0.25, -0.2) is 0 Å². The lowest BCUT2D eigenvalue weighted by atomic mass is 10.1. The van der Waals surface area contributed by atoms with Crippen LogP contribution in [-0.2, 0) is 0 Å². The summed E-state index contributed by atoms with van der Waals surface area (Å²) < 4.78 is 5.05. The van der Waals surface area contributed by atoms with Crippen LogP contribution in [0.5, 0.6) is 5.75 Å². The Labute approximate surface area is 158 Å². The Balaban J connectivity index is 1.93. The standard InChI is InChI=1S/C19H14N2O5S/c1-26-14-5-2-12(3-6-14)19(23)20-16-10-13(4-8-17(16)21(24)25)18-9-7-15(11-22)27-18/h2-11H,1H3,(H,20,23). The van der Waals surface area contributed by atoms with Gasteiger partial charge in [-0.05, 0) is 54.1 Å². The Morgan fingerprint density at radius 3 is 2.48 bits per heavy atom. The van der Waals surface area contributed by atoms with Crippen LogP contribution < -0.4 is 10.1 Å². The van der Waals surface area contributed by atoms with Gasteiger partial charge in [0.1, 0.15) is 11.4 Å². The van der Waals surface area contributed by atoms with Crippen molar-refractivity contribution in [1.82, 2.24) is 0 Å². The lowest BCUT2D eigenvalue weighted by molar-refractivity contribution is -0.383. The molecule has 1 amide bonds. The number of nitrogens with one attached hydrogen (secondary N) is 1. The van der Waals surface area contributed by atoms with Crippen molar-refractivity contribution < 1.29 is 19.2 Å². The molecule has 1 aromatic heterocycles. The van der Waals surface area contributed by atoms with Crippen molar-refractivity contribution in [2.45, 2.75) is 0 Å². The molecule has 3 rings (SSSR count). The minimum atomic E-state index is -0.557. The monoisotopic (exact) mass is 382 g/mol. The fourth-order valence-corrected chi connectivity index (χ4v) is 3.28. The van der Waals surface area contributed by atoms with Crippen molar-refractivity contribution in [3.05, 3.63) is 75.2 Å². The van der Waals surface area contributed by atoms with Crippen LogP contribution in [0.15, 0.2) is 54.6 Å². The third kappa shape index (κ3) is 4.01. The maximum absolute atomic E-state index is 12.5. The second-order valence-corrected chi connectivity index (χ2v) is 6.61. The highest BCUT2D eigenvalue weighted by Gasteiger charge is 2.18. The zero-order valence-electron chi connectivity index (χ0n) is 14.2. The summed E-state index contributed by atoms with van der Waals surface area (Å²) in [4.78, 5) is 35.4. The maximum Gasteiger partial charge on any atom is 0.292 e. The van der Waals surface area contributed by atoms with Crippen molar-refractivity contribution >= 4 is 34.9 Å². The number of rotatable bonds is 6. The number of thiophene rings is 1. The quantitative estimate of drug-likeness (QED) is 0.387. The van der Waals surface area contributed by atoms with Crippen molar-refractivity contribution in [3.63, 3.8) is 0 Å². The van der Waals surface area contributed by atoms with E-state index in [1.165, 1.54) is 30.6 Å². The number of nitrogens with zero attached hydrogens (tertiary/aromatic N) is 1. The molecular formula is C19H14N2O5S. The normalized spacial score (nSPS) is 10.3. The van der Waals surface area contributed by atoms with Gasteiger partial charge >= 0.3 is 0 Å². The predicted octanol–water partition coefficient (Wildman–Crippen LogP) is 4.40. The first-order valence-electron chi connectivity index (χ1n) is 7.81. The van der Waals surface area contributed by atoms with Gasteiger partial charge in [0.15, 0.2) is 6.29 Å². The number of aldehydes is 1. The lowest BCUT2D eigenvalue weighted by Crippen LogP contribution is -2.13. The van der Waals surface area contributed by atoms with Crippen molar-refractivity contribution in [3.8, 4) is 16.2 Å². The zero-order chi connectivity index (χ0) is 19.4. The molecule has 0 aliphatic rings. The van der Waals surface area contributed by atoms with Gasteiger partial charge in [0.2, 0.25) is 0 Å². The maximum atomic E-state index is 12.5. The summed E-state index contributed by atoms with van der Waals surface area (Å²) in [5.74, 6) is 0.126. The summed E-state index contributed by atoms with van der Waals surface area (Å²) in [6, 6.07) is 14.3. The fraction of sp³-hybridized carbons (Fsp3) is 0.0526. The summed E-state index contributed by atoms with van der Waals surface area (Å²) in [5.41, 5.74) is 0.880. The number of anilines is 1. The van der Waals surface area contributed by atoms with Gasteiger partial charge in [-0.2, -0.15) is 0 Å². The molecule has 0 bridgehead atoms. The average molecular weight is 382 g/mol. The second-order valence-electron chi connectivity index (χ2n) is 5.49. The van der Waals surface area contributed by atoms with E-state index in [1.54, 1.807) is 42.5 Å². The number of carbonyl (C=O) groups excluding carboxylic acids is 2. The van der Waals surface area contributed by atoms with Crippen LogP contribution in [-0.4, -0.2) is 24.2 Å². The highest BCUT2D eigenvalue weighted by molar-refractivity contribution is 7.17. The van der Waals surface area contributed by atoms with Crippen LogP contribution >= 0.6 is 11.3 Å². The topological polar surface area (TPSA) is 98.5 Å². The molecule has 0 aliphatic heterocycles. The third-order valence-corrected chi connectivity index (χ3v) is 4.88. The first kappa shape index (κ1) is 18.3. The van der Waals surface area contributed by atoms with Crippen LogP contribution in [0.4, 0.5) is 11.4 Å². The van der Waals surface area contributed by atoms with Gasteiger partial charge in [-0.3, -0.25) is 19.7 Å². The van der Waals surface area contributed by atoms with E-state index in [2.05, 4.69) is 5.32 Å². The first-order valence-corrected chi connectivity index (χ1v) is 8.62. The largest absolute Gasteiger partial charge is 0.497 e. The SMILES string of the molecule is COc1ccc(C(=O)Nc2cc(-c3ccc(C=O)s3)ccc2[N+](=O)[O-])cc1. The van der Waals surface area contributed by atoms with Crippen LogP contribution in [0.3, 0.4) is 0 Å². The number of methoxy groups -OCH3 is 1. The van der Waals surface area contributed by atoms with E-state index >= 15 is 0 Å². The Bertz CT molecular complexity index is 1010. The van der Waals surface area contributed by atoms with E-state index in [9.17, 15) is 19.7 Å². The molecule has 1 N–H and O–H groups in total. The molecule has 0 saturated carbocycles. The van der Waals surface area contributed by atoms with Crippen molar-refractivity contribution in [1.29, 1.82) is 0 Å². The van der Waals surface area contributed by atoms with Crippen LogP contribution in [0, 0.1) is 10.1 Å². The minimum absolute atomic E-state index is 0.0828. The number of nitro groups is 1. The average Bonchev–Trinajstić information content (AvgIpc) is 3.17. The number of hydrogen-bond acceptors (Lipinski definition) is 6. The molecular weight excluding hydrogens is 368 g/mol. The Kier molecular flexibility index (Phi) is 5.28. The van der Waals surface area contributed by atoms with Gasteiger partial charge in [0.25, 0.3) is 11.6 Å². The molecule has 136 valence electrons. The molecule has 8 heteroatoms. The van der Waals surface area contributed by atoms with Gasteiger partial charge in [-0.1, -0.05) is 0 Å². The van der Waals surface area contributed by atoms with Gasteiger partial charge in [0.05, 0.1) is 16.9 Å². The molecule has 0 fully saturated rings. The highest BCUT2D eigenvalue weighted by atomic mass is 32.1. The molecule has 0 radical (unpaired) electrons. The number of benzene rings is 2. The smallest absolute Gasteiger partial charge is 0.292 e. The number of nitro benzene ring substituents is 1. The van der Waals surface area contributed by atoms with Crippen molar-refractivity contribution in [2.75, 3.05) is 12.4 Å². The molecule has 0 aliphatic carbocycles. The van der Waals surface area contributed by atoms with E-state index in [1.807, 2.05) is 0 Å². The third-order valence-electron chi connectivity index (χ3n) is 3.82. The van der Waals surface area contributed by atoms with Gasteiger partial charge < -0.3 is 10.1 Å². The van der Waals surface area contributed by atoms with Gasteiger partial charge in [0, 0.05) is 16.5 Å². The molecule has 0 atom stereocenters. The minimum Gasteiger partial charge on any atom is -0.497 e. The molecule has 7 nitrogen and oxygen atoms in total. The molecule has 0 spiro atoms. The molecule has 27 heavy (non-hydrogen) atoms. The molecule has 1 heterocycles. The summed E-state index contributed by atoms with van der Waals surface area (Å²) in [6.07, 6.45) is 0.742. The van der Waals surface area contributed by atoms with E-state index in [-0.39, 0.29) is 11.4 Å². The number of hydrogen-bond donors (Lipinski definition) is 1. The molecule has 2 aromatic carbocycles. The Morgan fingerprint density at radius 2 is 1.89 bits per heavy atom. The highest BCUT2D eigenvalue weighted by Crippen LogP contribution is 2.34. The Morgan fingerprint density at radius 1 is 1.15 bits per heavy atom. The van der Waals surface area contributed by atoms with E-state index in [4.69, 9.17) is 4.74 Å². The molecule has 0 saturated heterocycles. The molecule has 3 aromatic rings. The van der Waals surface area contributed by atoms with Crippen LogP contribution in [0.25, 0.3) is 10.4 Å². The number of carbonyl (C=O) groups is 2. The zero-order valence-corrected chi connectivity index (χ0v) is 15.0. The number of amides is 1. The summed E-state index contributed by atoms with van der Waals surface area (Å²) in [7, 11) is 1.52. The lowest BCUT2D eigenvalue weighted by Gasteiger charge is -2.08. The van der Waals surface area contributed by atoms with Gasteiger partial charge in [-0.15, -0.1) is 11.3 Å². The van der Waals surface area contributed by atoms with E-state index in [0.29, 0.717) is 21.8 Å². The fourth-order valence-electron chi connectivity index (χ4n) is 2.46. The second kappa shape index (κ2) is 7.79. The molecule has 0 unspecified atom stereocenters. The summed E-state index contributed by atoms with van der Waals surface area (Å²) in [5, 5.41) is 13.9. The van der Waals surface area contributed by atoms with Crippen molar-refractivity contribution in [2.24, 2.45) is 0 Å². The summed E-state index contributed by atoms with van der Waals surface area (Å²) >= 11 is 1.26. The predicted molar refractivity (Wildman–Crippen MR) is 103 cm³/mol. The van der Waals surface area contributed by atoms with Crippen LogP contribution in [0.1, 0.15) is 20.0 Å². The van der Waals surface area contributed by atoms with E-state index < -0.39 is 10.8 Å². The number of ether oxygens (including phenoxy) is 1. The summed E-state index contributed by atoms with van der Waals surface area (Å²) in [6.45, 7) is 0.